The fourth-order valence-corrected chi connectivity index (χ4v) is 11.1. The van der Waals surface area contributed by atoms with E-state index in [1.165, 1.54) is 42.5 Å². The van der Waals surface area contributed by atoms with Crippen molar-refractivity contribution in [1.82, 2.24) is 9.13 Å². The lowest BCUT2D eigenvalue weighted by Crippen LogP contribution is -2.09. The summed E-state index contributed by atoms with van der Waals surface area (Å²) in [6.07, 6.45) is -4.82. The molecule has 386 valence electrons. The van der Waals surface area contributed by atoms with Gasteiger partial charge >= 0.3 is 6.18 Å². The van der Waals surface area contributed by atoms with Gasteiger partial charge in [-0.05, 0) is 177 Å². The van der Waals surface area contributed by atoms with Crippen LogP contribution in [0.15, 0.2) is 182 Å². The van der Waals surface area contributed by atoms with Crippen molar-refractivity contribution in [3.63, 3.8) is 0 Å². The number of halogens is 3. The molecule has 0 spiro atoms. The molecule has 11 nitrogen and oxygen atoms in total. The standard InChI is InChI=1S/C70H30F3N11/c1-79-53-22-42(37-76)20-49(24-53)45-10-14-65-59(29-45)58-28-44(48-18-40(35-74)17-41(19-48)36-75)9-13-64(58)83(65)68-32-52(57-7-5-6-8-63(57)70(71,72)73)33-69(62(68)39-78)84-66-15-11-46(50-21-43(38-77)23-54(25-50)80-2)30-60(66)61-31-47(12-16-67(61)84)51-26-55(81-3)34-56(27-51)82-4/h5-34H. The lowest BCUT2D eigenvalue weighted by atomic mass is 9.95. The third kappa shape index (κ3) is 8.84. The van der Waals surface area contributed by atoms with Crippen molar-refractivity contribution >= 4 is 66.4 Å². The molecular weight excluding hydrogens is 1050 g/mol. The molecule has 0 radical (unpaired) electrons. The van der Waals surface area contributed by atoms with Gasteiger partial charge in [-0.3, -0.25) is 0 Å². The van der Waals surface area contributed by atoms with Crippen molar-refractivity contribution in [2.45, 2.75) is 6.18 Å². The second-order valence-electron chi connectivity index (χ2n) is 19.6. The summed E-state index contributed by atoms with van der Waals surface area (Å²) >= 11 is 0. The Kier molecular flexibility index (Phi) is 12.5. The van der Waals surface area contributed by atoms with Crippen LogP contribution in [0.5, 0.6) is 0 Å². The third-order valence-corrected chi connectivity index (χ3v) is 14.8. The second kappa shape index (κ2) is 20.3. The molecular formula is C70H30F3N11. The lowest BCUT2D eigenvalue weighted by Gasteiger charge is -2.20. The number of aromatic nitrogens is 2. The molecule has 10 aromatic carbocycles. The highest BCUT2D eigenvalue weighted by Crippen LogP contribution is 2.46. The van der Waals surface area contributed by atoms with Gasteiger partial charge in [0, 0.05) is 32.7 Å². The fraction of sp³-hybridized carbons (Fsp3) is 0.0143. The summed E-state index contributed by atoms with van der Waals surface area (Å²) in [7, 11) is 0. The van der Waals surface area contributed by atoms with Crippen molar-refractivity contribution in [3.8, 4) is 97.4 Å². The topological polar surface area (TPSA) is 146 Å². The zero-order chi connectivity index (χ0) is 58.6. The number of alkyl halides is 3. The first kappa shape index (κ1) is 51.7. The van der Waals surface area contributed by atoms with Crippen LogP contribution >= 0.6 is 0 Å². The molecule has 0 aliphatic rings. The van der Waals surface area contributed by atoms with Crippen LogP contribution in [-0.4, -0.2) is 9.13 Å². The molecule has 2 aromatic heterocycles. The molecule has 2 heterocycles. The normalized spacial score (nSPS) is 10.9. The predicted octanol–water partition coefficient (Wildman–Crippen LogP) is 18.8. The molecule has 0 unspecified atom stereocenters. The minimum Gasteiger partial charge on any atom is -0.308 e. The molecule has 0 fully saturated rings. The van der Waals surface area contributed by atoms with Gasteiger partial charge in [0.15, 0.2) is 22.7 Å². The maximum Gasteiger partial charge on any atom is 0.417 e. The van der Waals surface area contributed by atoms with E-state index in [0.29, 0.717) is 88.1 Å². The van der Waals surface area contributed by atoms with E-state index in [0.717, 1.165) is 6.07 Å². The molecule has 0 atom stereocenters. The second-order valence-corrected chi connectivity index (χ2v) is 19.6. The van der Waals surface area contributed by atoms with E-state index in [9.17, 15) is 26.3 Å². The van der Waals surface area contributed by atoms with Crippen LogP contribution < -0.4 is 0 Å². The van der Waals surface area contributed by atoms with Crippen LogP contribution in [0.4, 0.5) is 35.9 Å². The van der Waals surface area contributed by atoms with E-state index >= 15 is 13.2 Å². The van der Waals surface area contributed by atoms with E-state index in [1.807, 2.05) is 63.7 Å². The average Bonchev–Trinajstić information content (AvgIpc) is 1.82. The maximum absolute atomic E-state index is 15.4. The molecule has 0 bridgehead atoms. The van der Waals surface area contributed by atoms with Crippen molar-refractivity contribution in [2.24, 2.45) is 0 Å². The zero-order valence-corrected chi connectivity index (χ0v) is 43.4. The molecule has 0 saturated heterocycles. The molecule has 14 heteroatoms. The minimum absolute atomic E-state index is 0.0563. The number of hydrogen-bond acceptors (Lipinski definition) is 5. The van der Waals surface area contributed by atoms with Gasteiger partial charge in [-0.1, -0.05) is 60.7 Å². The summed E-state index contributed by atoms with van der Waals surface area (Å²) in [6.45, 7) is 31.2. The number of nitriles is 5. The van der Waals surface area contributed by atoms with E-state index < -0.39 is 11.7 Å². The number of hydrogen-bond donors (Lipinski definition) is 0. The summed E-state index contributed by atoms with van der Waals surface area (Å²) < 4.78 is 49.7. The van der Waals surface area contributed by atoms with Crippen LogP contribution in [0.3, 0.4) is 0 Å². The Balaban J connectivity index is 1.21. The van der Waals surface area contributed by atoms with Crippen LogP contribution in [0.1, 0.15) is 33.4 Å². The first-order chi connectivity index (χ1) is 40.8. The van der Waals surface area contributed by atoms with Crippen LogP contribution in [0, 0.1) is 82.9 Å². The predicted molar refractivity (Wildman–Crippen MR) is 316 cm³/mol. The maximum atomic E-state index is 15.4. The third-order valence-electron chi connectivity index (χ3n) is 14.8. The van der Waals surface area contributed by atoms with Crippen molar-refractivity contribution in [3.05, 3.63) is 261 Å². The Morgan fingerprint density at radius 2 is 0.667 bits per heavy atom. The lowest BCUT2D eigenvalue weighted by molar-refractivity contribution is -0.137. The molecule has 0 aliphatic carbocycles. The van der Waals surface area contributed by atoms with Gasteiger partial charge in [-0.25, -0.2) is 19.4 Å². The molecule has 12 rings (SSSR count). The molecule has 0 amide bonds. The number of rotatable bonds is 7. The Bertz CT molecular complexity index is 4640. The van der Waals surface area contributed by atoms with Crippen LogP contribution in [0.25, 0.3) is 130 Å². The summed E-state index contributed by atoms with van der Waals surface area (Å²) in [5.74, 6) is 0. The van der Waals surface area contributed by atoms with Crippen molar-refractivity contribution < 1.29 is 13.2 Å². The van der Waals surface area contributed by atoms with Crippen LogP contribution in [0.2, 0.25) is 0 Å². The summed E-state index contributed by atoms with van der Waals surface area (Å²) in [5.41, 5.74) is 8.39. The Morgan fingerprint density at radius 1 is 0.333 bits per heavy atom. The summed E-state index contributed by atoms with van der Waals surface area (Å²) in [6, 6.07) is 60.7. The van der Waals surface area contributed by atoms with Crippen LogP contribution in [-0.2, 0) is 6.18 Å². The molecule has 84 heavy (non-hydrogen) atoms. The number of nitrogens with zero attached hydrogens (tertiary/aromatic N) is 11. The highest BCUT2D eigenvalue weighted by atomic mass is 19.4. The fourth-order valence-electron chi connectivity index (χ4n) is 11.1. The Hall–Kier alpha value is -13.0. The van der Waals surface area contributed by atoms with E-state index in [4.69, 9.17) is 26.3 Å². The van der Waals surface area contributed by atoms with Gasteiger partial charge in [0.05, 0.1) is 101 Å². The van der Waals surface area contributed by atoms with Gasteiger partial charge in [-0.2, -0.15) is 39.5 Å². The quantitative estimate of drug-likeness (QED) is 0.146. The molecule has 0 N–H and O–H groups in total. The average molecular weight is 1080 g/mol. The first-order valence-electron chi connectivity index (χ1n) is 25.4. The summed E-state index contributed by atoms with van der Waals surface area (Å²) in [5, 5.41) is 54.2. The van der Waals surface area contributed by atoms with Gasteiger partial charge in [0.1, 0.15) is 11.6 Å². The van der Waals surface area contributed by atoms with Crippen molar-refractivity contribution in [2.75, 3.05) is 0 Å². The van der Waals surface area contributed by atoms with Gasteiger partial charge in [0.25, 0.3) is 0 Å². The van der Waals surface area contributed by atoms with Gasteiger partial charge < -0.3 is 9.13 Å². The van der Waals surface area contributed by atoms with E-state index in [1.54, 1.807) is 78.9 Å². The SMILES string of the molecule is [C-]#[N+]c1cc(C#N)cc(-c2ccc3c(c2)c2cc(-c4cc(C#N)cc(C#N)c4)ccc2n3-c2cc(-c3ccccc3C(F)(F)F)cc(-n3c4ccc(-c5cc(C#N)cc([N+]#[C-])c5)cc4c4cc(-c5cc([N+]#[C-])cc([N+]#[C-])c5)ccc43)c2C#N)c1. The smallest absolute Gasteiger partial charge is 0.308 e. The minimum atomic E-state index is -4.82. The van der Waals surface area contributed by atoms with E-state index in [-0.39, 0.29) is 73.1 Å². The number of benzene rings is 10. The first-order valence-corrected chi connectivity index (χ1v) is 25.4. The number of fused-ring (bicyclic) bond motifs is 6. The Labute approximate surface area is 477 Å². The van der Waals surface area contributed by atoms with E-state index in [2.05, 4.69) is 49.7 Å². The van der Waals surface area contributed by atoms with Gasteiger partial charge in [-0.15, -0.1) is 0 Å². The highest BCUT2D eigenvalue weighted by molar-refractivity contribution is 6.14. The zero-order valence-electron chi connectivity index (χ0n) is 43.4. The molecule has 12 aromatic rings. The molecule has 0 saturated carbocycles. The Morgan fingerprint density at radius 3 is 1.01 bits per heavy atom. The molecule has 0 aliphatic heterocycles. The van der Waals surface area contributed by atoms with Crippen molar-refractivity contribution in [1.29, 1.82) is 26.3 Å². The van der Waals surface area contributed by atoms with Gasteiger partial charge in [0.2, 0.25) is 0 Å². The monoisotopic (exact) mass is 1080 g/mol. The largest absolute Gasteiger partial charge is 0.417 e. The summed E-state index contributed by atoms with van der Waals surface area (Å²) in [4.78, 5) is 14.4. The highest BCUT2D eigenvalue weighted by Gasteiger charge is 2.34.